The lowest BCUT2D eigenvalue weighted by Gasteiger charge is -2.20. The van der Waals surface area contributed by atoms with Gasteiger partial charge in [0.25, 0.3) is 0 Å². The third kappa shape index (κ3) is 1.80. The Morgan fingerprint density at radius 2 is 1.86 bits per heavy atom. The third-order valence-corrected chi connectivity index (χ3v) is 2.77. The summed E-state index contributed by atoms with van der Waals surface area (Å²) in [4.78, 5) is 24.1. The summed E-state index contributed by atoms with van der Waals surface area (Å²) in [6, 6.07) is 0. The van der Waals surface area contributed by atoms with Gasteiger partial charge in [-0.15, -0.1) is 0 Å². The maximum absolute atomic E-state index is 11.8. The molecule has 14 heavy (non-hydrogen) atoms. The molecule has 4 heteroatoms. The van der Waals surface area contributed by atoms with E-state index < -0.39 is 0 Å². The Balaban J connectivity index is 2.84. The molecule has 4 nitrogen and oxygen atoms in total. The van der Waals surface area contributed by atoms with Crippen LogP contribution in [0.5, 0.6) is 0 Å². The van der Waals surface area contributed by atoms with Gasteiger partial charge in [-0.3, -0.25) is 4.79 Å². The zero-order valence-electron chi connectivity index (χ0n) is 9.06. The maximum Gasteiger partial charge on any atom is 0.228 e. The van der Waals surface area contributed by atoms with Crippen LogP contribution in [0.2, 0.25) is 0 Å². The molecule has 0 saturated carbocycles. The van der Waals surface area contributed by atoms with E-state index in [1.54, 1.807) is 14.1 Å². The first kappa shape index (κ1) is 11.2. The minimum absolute atomic E-state index is 0.0287. The van der Waals surface area contributed by atoms with Crippen molar-refractivity contribution < 1.29 is 14.3 Å². The molecule has 0 bridgehead atoms. The zero-order valence-corrected chi connectivity index (χ0v) is 9.06. The summed E-state index contributed by atoms with van der Waals surface area (Å²) in [6.45, 7) is 3.67. The van der Waals surface area contributed by atoms with Gasteiger partial charge in [0.1, 0.15) is 6.29 Å². The Morgan fingerprint density at radius 3 is 2.29 bits per heavy atom. The molecular weight excluding hydrogens is 182 g/mol. The van der Waals surface area contributed by atoms with Gasteiger partial charge in [0, 0.05) is 14.1 Å². The van der Waals surface area contributed by atoms with Gasteiger partial charge in [0.2, 0.25) is 5.91 Å². The highest BCUT2D eigenvalue weighted by molar-refractivity contribution is 5.82. The fourth-order valence-electron chi connectivity index (χ4n) is 1.98. The van der Waals surface area contributed by atoms with Crippen LogP contribution in [0.4, 0.5) is 0 Å². The molecule has 0 aromatic carbocycles. The Morgan fingerprint density at radius 1 is 1.29 bits per heavy atom. The third-order valence-electron chi connectivity index (χ3n) is 2.77. The smallest absolute Gasteiger partial charge is 0.228 e. The molecular formula is C10H17NO3. The monoisotopic (exact) mass is 199 g/mol. The van der Waals surface area contributed by atoms with Crippen LogP contribution >= 0.6 is 0 Å². The Labute approximate surface area is 84.2 Å². The van der Waals surface area contributed by atoms with Crippen molar-refractivity contribution in [3.05, 3.63) is 0 Å². The second-order valence-electron chi connectivity index (χ2n) is 4.02. The molecule has 1 aliphatic rings. The van der Waals surface area contributed by atoms with E-state index in [9.17, 15) is 9.59 Å². The van der Waals surface area contributed by atoms with E-state index in [-0.39, 0.29) is 30.0 Å². The molecule has 0 radical (unpaired) electrons. The molecule has 0 spiro atoms. The van der Waals surface area contributed by atoms with Gasteiger partial charge in [-0.25, -0.2) is 0 Å². The van der Waals surface area contributed by atoms with Crippen molar-refractivity contribution in [1.29, 1.82) is 0 Å². The summed E-state index contributed by atoms with van der Waals surface area (Å²) in [5.74, 6) is -0.656. The van der Waals surface area contributed by atoms with Crippen molar-refractivity contribution in [2.45, 2.75) is 26.1 Å². The zero-order chi connectivity index (χ0) is 10.9. The molecule has 4 atom stereocenters. The Kier molecular flexibility index (Phi) is 3.26. The number of nitrogens with zero attached hydrogens (tertiary/aromatic N) is 1. The number of hydrogen-bond donors (Lipinski definition) is 0. The van der Waals surface area contributed by atoms with Crippen molar-refractivity contribution in [2.24, 2.45) is 11.8 Å². The van der Waals surface area contributed by atoms with Gasteiger partial charge >= 0.3 is 0 Å². The van der Waals surface area contributed by atoms with E-state index in [2.05, 4.69) is 0 Å². The van der Waals surface area contributed by atoms with Crippen LogP contribution in [0, 0.1) is 11.8 Å². The molecule has 0 aromatic heterocycles. The number of amides is 1. The van der Waals surface area contributed by atoms with Gasteiger partial charge in [0.05, 0.1) is 24.0 Å². The topological polar surface area (TPSA) is 46.6 Å². The minimum Gasteiger partial charge on any atom is -0.374 e. The average molecular weight is 199 g/mol. The molecule has 0 aromatic rings. The van der Waals surface area contributed by atoms with Crippen LogP contribution in [-0.2, 0) is 14.3 Å². The first-order valence-electron chi connectivity index (χ1n) is 4.81. The number of hydrogen-bond acceptors (Lipinski definition) is 3. The van der Waals surface area contributed by atoms with Gasteiger partial charge < -0.3 is 14.4 Å². The van der Waals surface area contributed by atoms with Crippen LogP contribution in [0.1, 0.15) is 13.8 Å². The van der Waals surface area contributed by atoms with Crippen LogP contribution in [0.25, 0.3) is 0 Å². The fraction of sp³-hybridized carbons (Fsp3) is 0.800. The van der Waals surface area contributed by atoms with Crippen molar-refractivity contribution in [3.63, 3.8) is 0 Å². The summed E-state index contributed by atoms with van der Waals surface area (Å²) in [5.41, 5.74) is 0. The Hall–Kier alpha value is -0.900. The van der Waals surface area contributed by atoms with Gasteiger partial charge in [-0.2, -0.15) is 0 Å². The van der Waals surface area contributed by atoms with Gasteiger partial charge in [-0.05, 0) is 13.8 Å². The lowest BCUT2D eigenvalue weighted by Crippen LogP contribution is -2.37. The molecule has 0 N–H and O–H groups in total. The molecule has 1 aliphatic heterocycles. The molecule has 1 fully saturated rings. The quantitative estimate of drug-likeness (QED) is 0.601. The highest BCUT2D eigenvalue weighted by Gasteiger charge is 2.44. The number of carbonyl (C=O) groups is 2. The number of carbonyl (C=O) groups excluding carboxylic acids is 2. The normalized spacial score (nSPS) is 36.9. The summed E-state index contributed by atoms with van der Waals surface area (Å²) in [6.07, 6.45) is 0.506. The predicted octanol–water partition coefficient (Wildman–Crippen LogP) is 0.313. The standard InChI is InChI=1S/C10H17NO3/c1-6-8(5-12)9(7(2)14-6)10(13)11(3)4/h5-9H,1-4H3. The molecule has 1 saturated heterocycles. The highest BCUT2D eigenvalue weighted by atomic mass is 16.5. The molecule has 0 aliphatic carbocycles. The largest absolute Gasteiger partial charge is 0.374 e. The van der Waals surface area contributed by atoms with Crippen LogP contribution in [0.3, 0.4) is 0 Å². The molecule has 1 heterocycles. The average Bonchev–Trinajstić information content (AvgIpc) is 2.38. The second kappa shape index (κ2) is 4.09. The lowest BCUT2D eigenvalue weighted by atomic mass is 9.88. The van der Waals surface area contributed by atoms with Crippen molar-refractivity contribution in [3.8, 4) is 0 Å². The lowest BCUT2D eigenvalue weighted by molar-refractivity contribution is -0.136. The number of aldehydes is 1. The highest BCUT2D eigenvalue weighted by Crippen LogP contribution is 2.32. The van der Waals surface area contributed by atoms with Crippen molar-refractivity contribution >= 4 is 12.2 Å². The van der Waals surface area contributed by atoms with E-state index in [0.29, 0.717) is 0 Å². The first-order valence-corrected chi connectivity index (χ1v) is 4.81. The van der Waals surface area contributed by atoms with Crippen LogP contribution in [-0.4, -0.2) is 43.4 Å². The van der Waals surface area contributed by atoms with Crippen molar-refractivity contribution in [2.75, 3.05) is 14.1 Å². The van der Waals surface area contributed by atoms with E-state index in [1.807, 2.05) is 13.8 Å². The Bertz CT molecular complexity index is 240. The second-order valence-corrected chi connectivity index (χ2v) is 4.02. The maximum atomic E-state index is 11.8. The van der Waals surface area contributed by atoms with E-state index >= 15 is 0 Å². The van der Waals surface area contributed by atoms with E-state index in [1.165, 1.54) is 4.90 Å². The molecule has 80 valence electrons. The van der Waals surface area contributed by atoms with Gasteiger partial charge in [0.15, 0.2) is 0 Å². The molecule has 4 unspecified atom stereocenters. The fourth-order valence-corrected chi connectivity index (χ4v) is 1.98. The minimum atomic E-state index is -0.322. The van der Waals surface area contributed by atoms with Crippen molar-refractivity contribution in [1.82, 2.24) is 4.90 Å². The van der Waals surface area contributed by atoms with Crippen LogP contribution in [0.15, 0.2) is 0 Å². The van der Waals surface area contributed by atoms with E-state index in [0.717, 1.165) is 6.29 Å². The summed E-state index contributed by atoms with van der Waals surface area (Å²) in [5, 5.41) is 0. The number of ether oxygens (including phenoxy) is 1. The summed E-state index contributed by atoms with van der Waals surface area (Å²) >= 11 is 0. The predicted molar refractivity (Wildman–Crippen MR) is 51.7 cm³/mol. The van der Waals surface area contributed by atoms with Gasteiger partial charge in [-0.1, -0.05) is 0 Å². The molecule has 1 rings (SSSR count). The van der Waals surface area contributed by atoms with E-state index in [4.69, 9.17) is 4.74 Å². The summed E-state index contributed by atoms with van der Waals surface area (Å²) in [7, 11) is 3.39. The molecule has 1 amide bonds. The SMILES string of the molecule is CC1OC(C)C(C(=O)N(C)C)C1C=O. The first-order chi connectivity index (χ1) is 6.49. The summed E-state index contributed by atoms with van der Waals surface area (Å²) < 4.78 is 5.47. The number of rotatable bonds is 2. The van der Waals surface area contributed by atoms with Crippen LogP contribution < -0.4 is 0 Å².